The zero-order valence-corrected chi connectivity index (χ0v) is 23.2. The van der Waals surface area contributed by atoms with Gasteiger partial charge in [-0.1, -0.05) is 34.1 Å². The topological polar surface area (TPSA) is 69.3 Å². The zero-order valence-electron chi connectivity index (χ0n) is 18.5. The second kappa shape index (κ2) is 10.6. The molecule has 1 aliphatic rings. The highest BCUT2D eigenvalue weighted by molar-refractivity contribution is 9.11. The molecule has 2 amide bonds. The number of pyridine rings is 1. The molecule has 9 heteroatoms. The van der Waals surface area contributed by atoms with E-state index in [0.29, 0.717) is 11.7 Å². The van der Waals surface area contributed by atoms with Crippen LogP contribution < -0.4 is 20.9 Å². The van der Waals surface area contributed by atoms with Gasteiger partial charge in [0.2, 0.25) is 0 Å². The van der Waals surface area contributed by atoms with Crippen LogP contribution in [-0.2, 0) is 0 Å². The van der Waals surface area contributed by atoms with Gasteiger partial charge in [0.1, 0.15) is 5.82 Å². The molecule has 0 bridgehead atoms. The van der Waals surface area contributed by atoms with Gasteiger partial charge in [0, 0.05) is 56.7 Å². The first-order valence-electron chi connectivity index (χ1n) is 10.9. The minimum absolute atomic E-state index is 0.151. The van der Waals surface area contributed by atoms with Crippen molar-refractivity contribution >= 4 is 81.9 Å². The average Bonchev–Trinajstić information content (AvgIpc) is 2.77. The fourth-order valence-electron chi connectivity index (χ4n) is 4.19. The van der Waals surface area contributed by atoms with E-state index in [1.165, 1.54) is 0 Å². The van der Waals surface area contributed by atoms with Crippen molar-refractivity contribution in [1.29, 1.82) is 0 Å². The summed E-state index contributed by atoms with van der Waals surface area (Å²) in [4.78, 5) is 19.5. The Hall–Kier alpha value is -1.84. The van der Waals surface area contributed by atoms with E-state index in [2.05, 4.69) is 101 Å². The maximum absolute atomic E-state index is 12.6. The summed E-state index contributed by atoms with van der Waals surface area (Å²) in [5.74, 6) is 0.900. The van der Waals surface area contributed by atoms with E-state index in [0.717, 1.165) is 61.5 Å². The zero-order chi connectivity index (χ0) is 23.5. The first-order chi connectivity index (χ1) is 15.8. The minimum Gasteiger partial charge on any atom is -0.377 e. The van der Waals surface area contributed by atoms with E-state index < -0.39 is 0 Å². The number of hydrogen-bond acceptors (Lipinski definition) is 4. The smallest absolute Gasteiger partial charge is 0.319 e. The number of urea groups is 1. The summed E-state index contributed by atoms with van der Waals surface area (Å²) in [6.07, 6.45) is 3.79. The highest BCUT2D eigenvalue weighted by Gasteiger charge is 2.23. The van der Waals surface area contributed by atoms with Gasteiger partial charge in [-0.05, 0) is 75.7 Å². The molecule has 0 aliphatic heterocycles. The second-order valence-electron chi connectivity index (χ2n) is 8.47. The van der Waals surface area contributed by atoms with Gasteiger partial charge in [0.05, 0.1) is 11.2 Å². The van der Waals surface area contributed by atoms with Crippen molar-refractivity contribution in [1.82, 2.24) is 10.3 Å². The van der Waals surface area contributed by atoms with Crippen molar-refractivity contribution in [2.45, 2.75) is 37.8 Å². The predicted octanol–water partition coefficient (Wildman–Crippen LogP) is 7.13. The van der Waals surface area contributed by atoms with Gasteiger partial charge >= 0.3 is 6.03 Å². The number of nitrogens with one attached hydrogen (secondary N) is 3. The predicted molar refractivity (Wildman–Crippen MR) is 147 cm³/mol. The van der Waals surface area contributed by atoms with E-state index in [9.17, 15) is 4.79 Å². The van der Waals surface area contributed by atoms with Crippen LogP contribution >= 0.6 is 47.8 Å². The molecule has 0 spiro atoms. The monoisotopic (exact) mass is 637 g/mol. The van der Waals surface area contributed by atoms with Crippen molar-refractivity contribution in [3.05, 3.63) is 55.9 Å². The number of fused-ring (bicyclic) bond motifs is 1. The molecule has 0 radical (unpaired) electrons. The van der Waals surface area contributed by atoms with Gasteiger partial charge in [0.15, 0.2) is 0 Å². The van der Waals surface area contributed by atoms with Crippen molar-refractivity contribution in [2.75, 3.05) is 29.6 Å². The molecular formula is C24H26Br3N5O. The Kier molecular flexibility index (Phi) is 7.81. The Bertz CT molecular complexity index is 1140. The number of hydrogen-bond donors (Lipinski definition) is 3. The standard InChI is InChI=1S/C24H26Br3N5O/c1-32(2)21-13-22(30-20-6-4-3-5-17(20)21)28-15-7-9-16(10-8-15)29-24(33)31-23-18(26)11-14(25)12-19(23)27/h3-6,11-13,15-16H,7-10H2,1-2H3,(H,28,30)(H2,29,31,33)/t15-,16+. The Morgan fingerprint density at radius 3 is 2.27 bits per heavy atom. The fourth-order valence-corrected chi connectivity index (χ4v) is 6.65. The number of halogens is 3. The average molecular weight is 640 g/mol. The van der Waals surface area contributed by atoms with Crippen LogP contribution in [0.1, 0.15) is 25.7 Å². The number of carbonyl (C=O) groups excluding carboxylic acids is 1. The number of nitrogens with zero attached hydrogens (tertiary/aromatic N) is 2. The maximum Gasteiger partial charge on any atom is 0.319 e. The molecule has 0 unspecified atom stereocenters. The van der Waals surface area contributed by atoms with Crippen LogP contribution in [0.3, 0.4) is 0 Å². The van der Waals surface area contributed by atoms with E-state index in [1.54, 1.807) is 0 Å². The van der Waals surface area contributed by atoms with Crippen LogP contribution in [0.5, 0.6) is 0 Å². The molecule has 33 heavy (non-hydrogen) atoms. The van der Waals surface area contributed by atoms with Crippen LogP contribution in [0.4, 0.5) is 22.0 Å². The van der Waals surface area contributed by atoms with Crippen molar-refractivity contribution in [2.24, 2.45) is 0 Å². The first kappa shape index (κ1) is 24.3. The number of aromatic nitrogens is 1. The lowest BCUT2D eigenvalue weighted by Gasteiger charge is -2.30. The molecule has 174 valence electrons. The SMILES string of the molecule is CN(C)c1cc(N[C@H]2CC[C@@H](NC(=O)Nc3c(Br)cc(Br)cc3Br)CC2)nc2ccccc12. The second-order valence-corrected chi connectivity index (χ2v) is 11.1. The highest BCUT2D eigenvalue weighted by Crippen LogP contribution is 2.34. The van der Waals surface area contributed by atoms with Gasteiger partial charge in [-0.2, -0.15) is 0 Å². The lowest BCUT2D eigenvalue weighted by atomic mass is 9.91. The Morgan fingerprint density at radius 2 is 1.61 bits per heavy atom. The summed E-state index contributed by atoms with van der Waals surface area (Å²) in [6, 6.07) is 14.4. The van der Waals surface area contributed by atoms with E-state index in [1.807, 2.05) is 24.3 Å². The van der Waals surface area contributed by atoms with Crippen molar-refractivity contribution in [3.8, 4) is 0 Å². The van der Waals surface area contributed by atoms with Crippen LogP contribution in [0, 0.1) is 0 Å². The molecule has 1 saturated carbocycles. The van der Waals surface area contributed by atoms with Crippen LogP contribution in [0.15, 0.2) is 55.9 Å². The minimum atomic E-state index is -0.193. The normalized spacial score (nSPS) is 18.1. The van der Waals surface area contributed by atoms with Crippen molar-refractivity contribution < 1.29 is 4.79 Å². The maximum atomic E-state index is 12.6. The quantitative estimate of drug-likeness (QED) is 0.278. The molecule has 1 aromatic heterocycles. The highest BCUT2D eigenvalue weighted by atomic mass is 79.9. The number of benzene rings is 2. The fraction of sp³-hybridized carbons (Fsp3) is 0.333. The number of carbonyl (C=O) groups is 1. The van der Waals surface area contributed by atoms with E-state index in [-0.39, 0.29) is 12.1 Å². The van der Waals surface area contributed by atoms with Gasteiger partial charge in [0.25, 0.3) is 0 Å². The summed E-state index contributed by atoms with van der Waals surface area (Å²) in [5, 5.41) is 10.8. The first-order valence-corrected chi connectivity index (χ1v) is 13.2. The molecule has 0 saturated heterocycles. The summed E-state index contributed by atoms with van der Waals surface area (Å²) in [5.41, 5.74) is 2.86. The van der Waals surface area contributed by atoms with Crippen LogP contribution in [0.2, 0.25) is 0 Å². The lowest BCUT2D eigenvalue weighted by Crippen LogP contribution is -2.42. The molecule has 2 aromatic carbocycles. The largest absolute Gasteiger partial charge is 0.377 e. The van der Waals surface area contributed by atoms with Gasteiger partial charge < -0.3 is 20.9 Å². The van der Waals surface area contributed by atoms with E-state index >= 15 is 0 Å². The molecule has 1 heterocycles. The molecule has 1 fully saturated rings. The number of amides is 2. The van der Waals surface area contributed by atoms with Crippen LogP contribution in [0.25, 0.3) is 10.9 Å². The van der Waals surface area contributed by atoms with Gasteiger partial charge in [-0.25, -0.2) is 9.78 Å². The molecule has 4 rings (SSSR count). The number of anilines is 3. The molecule has 0 atom stereocenters. The third kappa shape index (κ3) is 6.00. The third-order valence-electron chi connectivity index (χ3n) is 5.84. The molecular weight excluding hydrogens is 614 g/mol. The lowest BCUT2D eigenvalue weighted by molar-refractivity contribution is 0.243. The molecule has 3 N–H and O–H groups in total. The molecule has 3 aromatic rings. The van der Waals surface area contributed by atoms with Gasteiger partial charge in [-0.3, -0.25) is 0 Å². The summed E-state index contributed by atoms with van der Waals surface area (Å²) in [6.45, 7) is 0. The summed E-state index contributed by atoms with van der Waals surface area (Å²) in [7, 11) is 4.11. The molecule has 1 aliphatic carbocycles. The van der Waals surface area contributed by atoms with Crippen molar-refractivity contribution in [3.63, 3.8) is 0 Å². The van der Waals surface area contributed by atoms with Crippen LogP contribution in [-0.4, -0.2) is 37.2 Å². The third-order valence-corrected chi connectivity index (χ3v) is 7.54. The Balaban J connectivity index is 1.34. The summed E-state index contributed by atoms with van der Waals surface area (Å²) < 4.78 is 2.55. The van der Waals surface area contributed by atoms with Gasteiger partial charge in [-0.15, -0.1) is 0 Å². The Morgan fingerprint density at radius 1 is 0.970 bits per heavy atom. The number of rotatable bonds is 5. The number of para-hydroxylation sites is 1. The summed E-state index contributed by atoms with van der Waals surface area (Å²) >= 11 is 10.4. The molecule has 6 nitrogen and oxygen atoms in total. The Labute approximate surface area is 219 Å². The van der Waals surface area contributed by atoms with E-state index in [4.69, 9.17) is 4.98 Å².